The molecule has 3 heterocycles. The van der Waals surface area contributed by atoms with Crippen LogP contribution in [0.4, 0.5) is 11.4 Å². The van der Waals surface area contributed by atoms with Crippen molar-refractivity contribution in [1.29, 1.82) is 0 Å². The maximum Gasteiger partial charge on any atom is 0.271 e. The van der Waals surface area contributed by atoms with Crippen molar-refractivity contribution in [3.05, 3.63) is 113 Å². The van der Waals surface area contributed by atoms with Gasteiger partial charge in [0.05, 0.1) is 36.8 Å². The van der Waals surface area contributed by atoms with Gasteiger partial charge < -0.3 is 19.7 Å². The Morgan fingerprint density at radius 2 is 1.81 bits per heavy atom. The van der Waals surface area contributed by atoms with Gasteiger partial charge in [-0.2, -0.15) is 0 Å². The number of thiazole rings is 1. The monoisotopic (exact) mass is 658 g/mol. The molecule has 11 heteroatoms. The van der Waals surface area contributed by atoms with Crippen LogP contribution in [-0.2, 0) is 9.59 Å². The van der Waals surface area contributed by atoms with Crippen molar-refractivity contribution in [2.45, 2.75) is 19.9 Å². The van der Waals surface area contributed by atoms with Crippen LogP contribution in [0.3, 0.4) is 0 Å². The lowest BCUT2D eigenvalue weighted by atomic mass is 9.94. The average molecular weight is 660 g/mol. The molecule has 9 nitrogen and oxygen atoms in total. The summed E-state index contributed by atoms with van der Waals surface area (Å²) in [5.41, 5.74) is 3.22. The number of fused-ring (bicyclic) bond motifs is 2. The van der Waals surface area contributed by atoms with Crippen LogP contribution in [0.5, 0.6) is 11.5 Å². The molecule has 4 aromatic rings. The fraction of sp³-hybridized carbons (Fsp3) is 0.188. The first-order valence-corrected chi connectivity index (χ1v) is 15.1. The topological polar surface area (TPSA) is 102 Å². The molecule has 0 unspecified atom stereocenters. The van der Waals surface area contributed by atoms with Crippen molar-refractivity contribution < 1.29 is 19.1 Å². The molecule has 1 atom stereocenters. The molecule has 1 N–H and O–H groups in total. The Labute approximate surface area is 259 Å². The second-order valence-corrected chi connectivity index (χ2v) is 11.8. The molecule has 0 saturated carbocycles. The molecule has 2 aliphatic heterocycles. The number of allylic oxidation sites excluding steroid dienone is 1. The Bertz CT molecular complexity index is 2020. The van der Waals surface area contributed by atoms with E-state index in [2.05, 4.69) is 21.2 Å². The lowest BCUT2D eigenvalue weighted by Crippen LogP contribution is -2.41. The summed E-state index contributed by atoms with van der Waals surface area (Å²) in [5.74, 6) is 0.337. The molecule has 0 fully saturated rings. The fourth-order valence-corrected chi connectivity index (χ4v) is 7.06. The SMILES string of the molecule is CCN1C(=O)/C(=c2/sc3n(c2=O)[C@H](c2ccc(OC)cc2OC)C(C(=O)Nc2ccccc2)=C(C)N=3)c2cc(Br)ccc21. The van der Waals surface area contributed by atoms with E-state index in [1.165, 1.54) is 11.7 Å². The number of amides is 2. The molecule has 6 rings (SSSR count). The molecule has 0 radical (unpaired) electrons. The van der Waals surface area contributed by atoms with Gasteiger partial charge in [0.2, 0.25) is 0 Å². The average Bonchev–Trinajstić information content (AvgIpc) is 3.47. The van der Waals surface area contributed by atoms with Crippen LogP contribution < -0.4 is 34.6 Å². The van der Waals surface area contributed by atoms with Gasteiger partial charge in [-0.25, -0.2) is 4.99 Å². The highest BCUT2D eigenvalue weighted by Crippen LogP contribution is 2.39. The van der Waals surface area contributed by atoms with Gasteiger partial charge in [0.25, 0.3) is 17.4 Å². The number of rotatable bonds is 6. The molecular formula is C32H27BrN4O5S. The summed E-state index contributed by atoms with van der Waals surface area (Å²) in [5, 5.41) is 2.95. The number of nitrogens with zero attached hydrogens (tertiary/aromatic N) is 3. The summed E-state index contributed by atoms with van der Waals surface area (Å²) in [4.78, 5) is 48.9. The first-order valence-electron chi connectivity index (χ1n) is 13.5. The quantitative estimate of drug-likeness (QED) is 0.331. The lowest BCUT2D eigenvalue weighted by Gasteiger charge is -2.26. The zero-order valence-electron chi connectivity index (χ0n) is 23.8. The summed E-state index contributed by atoms with van der Waals surface area (Å²) in [6.45, 7) is 4.09. The second kappa shape index (κ2) is 11.3. The van der Waals surface area contributed by atoms with Gasteiger partial charge in [-0.3, -0.25) is 19.0 Å². The summed E-state index contributed by atoms with van der Waals surface area (Å²) in [6, 6.07) is 19.0. The van der Waals surface area contributed by atoms with Crippen molar-refractivity contribution in [3.8, 4) is 11.5 Å². The predicted octanol–water partition coefficient (Wildman–Crippen LogP) is 4.39. The largest absolute Gasteiger partial charge is 0.497 e. The summed E-state index contributed by atoms with van der Waals surface area (Å²) in [7, 11) is 3.08. The normalized spacial score (nSPS) is 16.9. The number of methoxy groups -OCH3 is 2. The predicted molar refractivity (Wildman–Crippen MR) is 169 cm³/mol. The first kappa shape index (κ1) is 28.6. The number of hydrogen-bond acceptors (Lipinski definition) is 7. The minimum absolute atomic E-state index is 0.253. The maximum atomic E-state index is 14.5. The molecule has 43 heavy (non-hydrogen) atoms. The van der Waals surface area contributed by atoms with Crippen molar-refractivity contribution in [2.75, 3.05) is 31.0 Å². The van der Waals surface area contributed by atoms with E-state index in [0.717, 1.165) is 21.5 Å². The number of benzene rings is 3. The van der Waals surface area contributed by atoms with E-state index >= 15 is 0 Å². The summed E-state index contributed by atoms with van der Waals surface area (Å²) in [6.07, 6.45) is 0. The van der Waals surface area contributed by atoms with Crippen LogP contribution in [0.15, 0.2) is 92.3 Å². The van der Waals surface area contributed by atoms with Crippen molar-refractivity contribution >= 4 is 56.0 Å². The van der Waals surface area contributed by atoms with Gasteiger partial charge in [0.1, 0.15) is 22.1 Å². The Balaban J connectivity index is 1.63. The molecule has 0 aliphatic carbocycles. The Morgan fingerprint density at radius 1 is 1.05 bits per heavy atom. The zero-order valence-corrected chi connectivity index (χ0v) is 26.2. The van der Waals surface area contributed by atoms with Gasteiger partial charge in [0, 0.05) is 33.9 Å². The second-order valence-electron chi connectivity index (χ2n) is 9.92. The molecule has 2 aliphatic rings. The van der Waals surface area contributed by atoms with Crippen molar-refractivity contribution in [1.82, 2.24) is 4.57 Å². The highest BCUT2D eigenvalue weighted by molar-refractivity contribution is 9.10. The minimum atomic E-state index is -0.893. The van der Waals surface area contributed by atoms with Gasteiger partial charge >= 0.3 is 0 Å². The number of carbonyl (C=O) groups excluding carboxylic acids is 2. The molecule has 218 valence electrons. The van der Waals surface area contributed by atoms with Gasteiger partial charge in [-0.05, 0) is 56.3 Å². The van der Waals surface area contributed by atoms with Crippen LogP contribution >= 0.6 is 27.3 Å². The van der Waals surface area contributed by atoms with Crippen molar-refractivity contribution in [2.24, 2.45) is 4.99 Å². The Kier molecular flexibility index (Phi) is 7.53. The Morgan fingerprint density at radius 3 is 2.51 bits per heavy atom. The Hall–Kier alpha value is -4.48. The third-order valence-corrected chi connectivity index (χ3v) is 9.08. The van der Waals surface area contributed by atoms with Crippen LogP contribution in [0.25, 0.3) is 5.57 Å². The summed E-state index contributed by atoms with van der Waals surface area (Å²) < 4.78 is 13.7. The van der Waals surface area contributed by atoms with Crippen LogP contribution in [-0.4, -0.2) is 37.1 Å². The van der Waals surface area contributed by atoms with E-state index < -0.39 is 17.5 Å². The number of hydrogen-bond donors (Lipinski definition) is 1. The molecule has 3 aromatic carbocycles. The van der Waals surface area contributed by atoms with Crippen LogP contribution in [0.2, 0.25) is 0 Å². The summed E-state index contributed by atoms with van der Waals surface area (Å²) >= 11 is 4.65. The number of carbonyl (C=O) groups is 2. The minimum Gasteiger partial charge on any atom is -0.497 e. The zero-order chi connectivity index (χ0) is 30.4. The molecule has 0 saturated heterocycles. The maximum absolute atomic E-state index is 14.5. The third-order valence-electron chi connectivity index (χ3n) is 7.53. The van der Waals surface area contributed by atoms with E-state index in [4.69, 9.17) is 14.5 Å². The third kappa shape index (κ3) is 4.78. The molecular weight excluding hydrogens is 632 g/mol. The van der Waals surface area contributed by atoms with Crippen LogP contribution in [0.1, 0.15) is 31.0 Å². The number of likely N-dealkylation sites (N-methyl/N-ethyl adjacent to an activating group) is 1. The number of para-hydroxylation sites is 1. The molecule has 2 amide bonds. The number of aromatic nitrogens is 1. The highest BCUT2D eigenvalue weighted by Gasteiger charge is 2.37. The molecule has 0 bridgehead atoms. The highest BCUT2D eigenvalue weighted by atomic mass is 79.9. The van der Waals surface area contributed by atoms with Crippen LogP contribution in [0, 0.1) is 0 Å². The standard InChI is InChI=1S/C32H27BrN4O5S/c1-5-36-23-14-11-18(33)15-22(23)26(30(36)39)28-31(40)37-27(21-13-12-20(41-3)16-24(21)42-4)25(17(2)34-32(37)43-28)29(38)35-19-9-7-6-8-10-19/h6-16,27H,5H2,1-4H3,(H,35,38)/b28-26+/t27-/m1/s1. The van der Waals surface area contributed by atoms with Gasteiger partial charge in [-0.1, -0.05) is 45.5 Å². The number of anilines is 2. The van der Waals surface area contributed by atoms with Gasteiger partial charge in [-0.15, -0.1) is 0 Å². The number of halogens is 1. The van der Waals surface area contributed by atoms with Crippen molar-refractivity contribution in [3.63, 3.8) is 0 Å². The van der Waals surface area contributed by atoms with Gasteiger partial charge in [0.15, 0.2) is 4.80 Å². The fourth-order valence-electron chi connectivity index (χ4n) is 5.56. The molecule has 0 spiro atoms. The molecule has 1 aromatic heterocycles. The lowest BCUT2D eigenvalue weighted by molar-refractivity contribution is -0.114. The number of nitrogens with one attached hydrogen (secondary N) is 1. The van der Waals surface area contributed by atoms with E-state index in [9.17, 15) is 14.4 Å². The smallest absolute Gasteiger partial charge is 0.271 e. The van der Waals surface area contributed by atoms with E-state index in [-0.39, 0.29) is 16.0 Å². The first-order chi connectivity index (χ1) is 20.8. The van der Waals surface area contributed by atoms with E-state index in [1.807, 2.05) is 43.3 Å². The van der Waals surface area contributed by atoms with E-state index in [1.54, 1.807) is 49.3 Å². The number of ether oxygens (including phenoxy) is 2. The van der Waals surface area contributed by atoms with E-state index in [0.29, 0.717) is 50.9 Å².